The Morgan fingerprint density at radius 2 is 2.15 bits per heavy atom. The smallest absolute Gasteiger partial charge is 0.220 e. The number of aromatic nitrogens is 2. The van der Waals surface area contributed by atoms with Crippen LogP contribution in [-0.4, -0.2) is 22.2 Å². The fourth-order valence-electron chi connectivity index (χ4n) is 3.36. The van der Waals surface area contributed by atoms with Gasteiger partial charge in [-0.05, 0) is 36.9 Å². The van der Waals surface area contributed by atoms with Crippen molar-refractivity contribution in [2.24, 2.45) is 12.0 Å². The van der Waals surface area contributed by atoms with Gasteiger partial charge in [-0.1, -0.05) is 24.6 Å². The first kappa shape index (κ1) is 19.1. The lowest BCUT2D eigenvalue weighted by Crippen LogP contribution is -2.22. The van der Waals surface area contributed by atoms with Crippen molar-refractivity contribution in [2.45, 2.75) is 32.9 Å². The second-order valence-corrected chi connectivity index (χ2v) is 6.97. The second kappa shape index (κ2) is 8.35. The topological polar surface area (TPSA) is 59.3 Å². The van der Waals surface area contributed by atoms with E-state index in [0.717, 1.165) is 39.7 Å². The van der Waals surface area contributed by atoms with Gasteiger partial charge >= 0.3 is 0 Å². The first-order chi connectivity index (χ1) is 13.0. The van der Waals surface area contributed by atoms with Crippen molar-refractivity contribution in [3.63, 3.8) is 0 Å². The summed E-state index contributed by atoms with van der Waals surface area (Å²) in [6, 6.07) is 7.92. The summed E-state index contributed by atoms with van der Waals surface area (Å²) in [5.74, 6) is 0.0543. The molecule has 0 bridgehead atoms. The number of benzene rings is 1. The number of aryl methyl sites for hydroxylation is 1. The molecule has 2 aromatic heterocycles. The van der Waals surface area contributed by atoms with Crippen molar-refractivity contribution in [1.82, 2.24) is 14.9 Å². The van der Waals surface area contributed by atoms with Crippen molar-refractivity contribution in [1.29, 1.82) is 0 Å². The number of aliphatic imine (C=N–C) groups is 1. The van der Waals surface area contributed by atoms with Crippen LogP contribution in [0.2, 0.25) is 5.02 Å². The van der Waals surface area contributed by atoms with Crippen LogP contribution in [-0.2, 0) is 24.9 Å². The molecule has 0 aliphatic heterocycles. The summed E-state index contributed by atoms with van der Waals surface area (Å²) in [6.45, 7) is 6.62. The molecule has 1 N–H and O–H groups in total. The van der Waals surface area contributed by atoms with Crippen LogP contribution in [0.15, 0.2) is 41.7 Å². The highest BCUT2D eigenvalue weighted by molar-refractivity contribution is 6.31. The first-order valence-electron chi connectivity index (χ1n) is 8.95. The summed E-state index contributed by atoms with van der Waals surface area (Å²) in [7, 11) is 2.01. The third kappa shape index (κ3) is 4.03. The van der Waals surface area contributed by atoms with Crippen molar-refractivity contribution in [3.05, 3.63) is 52.8 Å². The average molecular weight is 383 g/mol. The van der Waals surface area contributed by atoms with Gasteiger partial charge in [-0.25, -0.2) is 0 Å². The highest BCUT2D eigenvalue weighted by Gasteiger charge is 2.17. The number of carbonyl (C=O) groups excluding carboxylic acids is 1. The summed E-state index contributed by atoms with van der Waals surface area (Å²) < 4.78 is 2.11. The zero-order valence-electron chi connectivity index (χ0n) is 15.6. The Hall–Kier alpha value is -2.66. The zero-order valence-corrected chi connectivity index (χ0v) is 16.4. The largest absolute Gasteiger partial charge is 0.352 e. The number of halogens is 1. The Labute approximate surface area is 164 Å². The van der Waals surface area contributed by atoms with Gasteiger partial charge in [-0.2, -0.15) is 0 Å². The summed E-state index contributed by atoms with van der Waals surface area (Å²) >= 11 is 6.20. The van der Waals surface area contributed by atoms with Crippen molar-refractivity contribution in [2.75, 3.05) is 0 Å². The molecule has 1 amide bonds. The molecule has 0 radical (unpaired) electrons. The minimum atomic E-state index is 0.0543. The molecule has 5 nitrogen and oxygen atoms in total. The Bertz CT molecular complexity index is 993. The van der Waals surface area contributed by atoms with Crippen molar-refractivity contribution < 1.29 is 4.79 Å². The van der Waals surface area contributed by atoms with E-state index < -0.39 is 0 Å². The Balaban J connectivity index is 2.03. The maximum atomic E-state index is 11.7. The van der Waals surface area contributed by atoms with E-state index in [0.29, 0.717) is 24.5 Å². The molecule has 0 fully saturated rings. The summed E-state index contributed by atoms with van der Waals surface area (Å²) in [6.07, 6.45) is 4.98. The van der Waals surface area contributed by atoms with Crippen LogP contribution in [0, 0.1) is 0 Å². The molecular formula is C21H23ClN4O. The number of pyridine rings is 1. The van der Waals surface area contributed by atoms with Crippen molar-refractivity contribution >= 4 is 35.1 Å². The number of nitrogens with one attached hydrogen (secondary N) is 1. The van der Waals surface area contributed by atoms with Crippen LogP contribution in [0.3, 0.4) is 0 Å². The Morgan fingerprint density at radius 1 is 1.33 bits per heavy atom. The van der Waals surface area contributed by atoms with Crippen LogP contribution in [0.25, 0.3) is 22.2 Å². The van der Waals surface area contributed by atoms with Crippen LogP contribution in [0.4, 0.5) is 0 Å². The van der Waals surface area contributed by atoms with Gasteiger partial charge in [-0.15, -0.1) is 0 Å². The zero-order chi connectivity index (χ0) is 19.4. The molecule has 3 aromatic rings. The predicted molar refractivity (Wildman–Crippen MR) is 111 cm³/mol. The standard InChI is InChI=1S/C21H23ClN4O/c1-4-5-20(27)25-11-14-8-15(12-24-10-14)21-18(13-23-2)17-7-6-16(22)9-19(17)26(21)3/h6-10,12H,2,4-5,11,13H2,1,3H3,(H,25,27). The lowest BCUT2D eigenvalue weighted by molar-refractivity contribution is -0.121. The summed E-state index contributed by atoms with van der Waals surface area (Å²) in [5, 5.41) is 4.73. The third-order valence-corrected chi connectivity index (χ3v) is 4.81. The number of fused-ring (bicyclic) bond motifs is 1. The molecule has 0 spiro atoms. The molecule has 0 aliphatic rings. The van der Waals surface area contributed by atoms with Crippen molar-refractivity contribution in [3.8, 4) is 11.3 Å². The predicted octanol–water partition coefficient (Wildman–Crippen LogP) is 4.51. The maximum absolute atomic E-state index is 11.7. The van der Waals surface area contributed by atoms with Gasteiger partial charge in [0.1, 0.15) is 0 Å². The van der Waals surface area contributed by atoms with Gasteiger partial charge in [0.25, 0.3) is 0 Å². The van der Waals surface area contributed by atoms with Gasteiger partial charge in [0.15, 0.2) is 0 Å². The van der Waals surface area contributed by atoms with E-state index in [1.54, 1.807) is 6.20 Å². The summed E-state index contributed by atoms with van der Waals surface area (Å²) in [5.41, 5.74) is 5.10. The molecule has 2 heterocycles. The average Bonchev–Trinajstić information content (AvgIpc) is 2.92. The van der Waals surface area contributed by atoms with Gasteiger partial charge in [-0.3, -0.25) is 14.8 Å². The number of amides is 1. The molecular weight excluding hydrogens is 360 g/mol. The monoisotopic (exact) mass is 382 g/mol. The molecule has 0 atom stereocenters. The minimum absolute atomic E-state index is 0.0543. The first-order valence-corrected chi connectivity index (χ1v) is 9.33. The molecule has 1 aromatic carbocycles. The van der Waals surface area contributed by atoms with E-state index >= 15 is 0 Å². The number of rotatable bonds is 7. The molecule has 140 valence electrons. The van der Waals surface area contributed by atoms with E-state index in [9.17, 15) is 4.79 Å². The number of carbonyl (C=O) groups is 1. The van der Waals surface area contributed by atoms with Crippen LogP contribution < -0.4 is 5.32 Å². The molecule has 0 saturated heterocycles. The van der Waals surface area contributed by atoms with Gasteiger partial charge < -0.3 is 9.88 Å². The number of hydrogen-bond acceptors (Lipinski definition) is 3. The highest BCUT2D eigenvalue weighted by atomic mass is 35.5. The third-order valence-electron chi connectivity index (χ3n) is 4.57. The van der Waals surface area contributed by atoms with Gasteiger partial charge in [0.2, 0.25) is 5.91 Å². The normalized spacial score (nSPS) is 10.9. The maximum Gasteiger partial charge on any atom is 0.220 e. The number of nitrogens with zero attached hydrogens (tertiary/aromatic N) is 3. The molecule has 0 unspecified atom stereocenters. The second-order valence-electron chi connectivity index (χ2n) is 6.54. The Kier molecular flexibility index (Phi) is 5.91. The SMILES string of the molecule is C=NCc1c(-c2cncc(CNC(=O)CCC)c2)n(C)c2cc(Cl)ccc12. The van der Waals surface area contributed by atoms with E-state index in [4.69, 9.17) is 11.6 Å². The van der Waals surface area contributed by atoms with E-state index in [1.807, 2.05) is 38.4 Å². The minimum Gasteiger partial charge on any atom is -0.352 e. The van der Waals surface area contributed by atoms with E-state index in [1.165, 1.54) is 0 Å². The van der Waals surface area contributed by atoms with Crippen LogP contribution in [0.5, 0.6) is 0 Å². The van der Waals surface area contributed by atoms with E-state index in [2.05, 4.69) is 32.6 Å². The molecule has 27 heavy (non-hydrogen) atoms. The fourth-order valence-corrected chi connectivity index (χ4v) is 3.52. The lowest BCUT2D eigenvalue weighted by Gasteiger charge is -2.10. The molecule has 0 aliphatic carbocycles. The Morgan fingerprint density at radius 3 is 2.89 bits per heavy atom. The highest BCUT2D eigenvalue weighted by Crippen LogP contribution is 2.34. The lowest BCUT2D eigenvalue weighted by atomic mass is 10.1. The fraction of sp³-hybridized carbons (Fsp3) is 0.286. The molecule has 0 saturated carbocycles. The quantitative estimate of drug-likeness (QED) is 0.611. The molecule has 6 heteroatoms. The van der Waals surface area contributed by atoms with Gasteiger partial charge in [0.05, 0.1) is 17.8 Å². The molecule has 3 rings (SSSR count). The summed E-state index contributed by atoms with van der Waals surface area (Å²) in [4.78, 5) is 20.2. The van der Waals surface area contributed by atoms with Crippen LogP contribution >= 0.6 is 11.6 Å². The van der Waals surface area contributed by atoms with Gasteiger partial charge in [0, 0.05) is 53.9 Å². The number of hydrogen-bond donors (Lipinski definition) is 1. The van der Waals surface area contributed by atoms with Crippen LogP contribution in [0.1, 0.15) is 30.9 Å². The van der Waals surface area contributed by atoms with E-state index in [-0.39, 0.29) is 5.91 Å².